The van der Waals surface area contributed by atoms with E-state index in [-0.39, 0.29) is 5.41 Å². The summed E-state index contributed by atoms with van der Waals surface area (Å²) in [5, 5.41) is 0. The van der Waals surface area contributed by atoms with Gasteiger partial charge in [0.2, 0.25) is 0 Å². The molecule has 1 aromatic carbocycles. The Balaban J connectivity index is 1.67. The average molecular weight is 402 g/mol. The van der Waals surface area contributed by atoms with Crippen LogP contribution in [0.3, 0.4) is 0 Å². The number of allylic oxidation sites excluding steroid dienone is 5. The number of aryl methyl sites for hydroxylation is 1. The summed E-state index contributed by atoms with van der Waals surface area (Å²) in [6, 6.07) is 11.0. The predicted molar refractivity (Wildman–Crippen MR) is 123 cm³/mol. The van der Waals surface area contributed by atoms with Crippen LogP contribution >= 0.6 is 0 Å². The van der Waals surface area contributed by atoms with E-state index in [9.17, 15) is 4.79 Å². The molecule has 0 aliphatic heterocycles. The summed E-state index contributed by atoms with van der Waals surface area (Å²) in [5.74, 6) is 0.0699. The minimum absolute atomic E-state index is 0.236. The molecule has 0 saturated carbocycles. The SMILES string of the molecule is CC(C=CC1=C(C)CCCC1(C)C)=Cc1ccc(C(=O)Oc2ccc(C)cc2)nc1. The Labute approximate surface area is 180 Å². The van der Waals surface area contributed by atoms with Crippen LogP contribution in [-0.2, 0) is 0 Å². The number of hydrogen-bond acceptors (Lipinski definition) is 3. The van der Waals surface area contributed by atoms with Crippen LogP contribution < -0.4 is 4.74 Å². The van der Waals surface area contributed by atoms with Gasteiger partial charge in [-0.3, -0.25) is 0 Å². The zero-order chi connectivity index (χ0) is 21.7. The number of hydrogen-bond donors (Lipinski definition) is 0. The fourth-order valence-corrected chi connectivity index (χ4v) is 3.91. The molecule has 3 nitrogen and oxygen atoms in total. The Morgan fingerprint density at radius 1 is 1.10 bits per heavy atom. The molecule has 156 valence electrons. The Bertz CT molecular complexity index is 990. The van der Waals surface area contributed by atoms with Crippen LogP contribution in [-0.4, -0.2) is 11.0 Å². The fraction of sp³-hybridized carbons (Fsp3) is 0.333. The number of esters is 1. The molecule has 2 aromatic rings. The molecule has 1 aliphatic carbocycles. The number of nitrogens with zero attached hydrogens (tertiary/aromatic N) is 1. The van der Waals surface area contributed by atoms with Gasteiger partial charge in [-0.05, 0) is 74.8 Å². The van der Waals surface area contributed by atoms with Crippen LogP contribution in [0.4, 0.5) is 0 Å². The summed E-state index contributed by atoms with van der Waals surface area (Å²) in [7, 11) is 0. The number of carbonyl (C=O) groups excluding carboxylic acids is 1. The van der Waals surface area contributed by atoms with E-state index in [2.05, 4.69) is 50.9 Å². The number of benzene rings is 1. The van der Waals surface area contributed by atoms with Crippen molar-refractivity contribution in [3.8, 4) is 5.75 Å². The van der Waals surface area contributed by atoms with E-state index >= 15 is 0 Å². The van der Waals surface area contributed by atoms with Gasteiger partial charge in [0.25, 0.3) is 0 Å². The standard InChI is InChI=1S/C27H31NO2/c1-19-8-12-23(13-9-19)30-26(29)25-15-11-22(18-28-25)17-20(2)10-14-24-21(3)7-6-16-27(24,4)5/h8-15,17-18H,6-7,16H2,1-5H3. The Hall–Kier alpha value is -2.94. The van der Waals surface area contributed by atoms with Crippen molar-refractivity contribution in [2.24, 2.45) is 5.41 Å². The van der Waals surface area contributed by atoms with Gasteiger partial charge in [0.15, 0.2) is 0 Å². The van der Waals surface area contributed by atoms with Crippen LogP contribution in [0.5, 0.6) is 5.75 Å². The highest BCUT2D eigenvalue weighted by atomic mass is 16.5. The quantitative estimate of drug-likeness (QED) is 0.305. The summed E-state index contributed by atoms with van der Waals surface area (Å²) in [6.07, 6.45) is 11.9. The number of aromatic nitrogens is 1. The van der Waals surface area contributed by atoms with Crippen molar-refractivity contribution in [1.82, 2.24) is 4.98 Å². The lowest BCUT2D eigenvalue weighted by molar-refractivity contribution is 0.0728. The molecule has 0 radical (unpaired) electrons. The summed E-state index contributed by atoms with van der Waals surface area (Å²) in [6.45, 7) is 11.0. The topological polar surface area (TPSA) is 39.2 Å². The molecule has 0 saturated heterocycles. The van der Waals surface area contributed by atoms with Crippen molar-refractivity contribution < 1.29 is 9.53 Å². The van der Waals surface area contributed by atoms with E-state index in [1.165, 1.54) is 30.4 Å². The molecule has 0 fully saturated rings. The zero-order valence-electron chi connectivity index (χ0n) is 18.7. The van der Waals surface area contributed by atoms with Gasteiger partial charge in [-0.25, -0.2) is 9.78 Å². The zero-order valence-corrected chi connectivity index (χ0v) is 18.7. The lowest BCUT2D eigenvalue weighted by Gasteiger charge is -2.32. The first-order chi connectivity index (χ1) is 14.2. The second-order valence-electron chi connectivity index (χ2n) is 8.83. The highest BCUT2D eigenvalue weighted by molar-refractivity contribution is 5.89. The normalized spacial score (nSPS) is 16.8. The lowest BCUT2D eigenvalue weighted by atomic mass is 9.72. The van der Waals surface area contributed by atoms with Crippen molar-refractivity contribution in [2.75, 3.05) is 0 Å². The molecule has 1 heterocycles. The van der Waals surface area contributed by atoms with Gasteiger partial charge in [-0.2, -0.15) is 0 Å². The fourth-order valence-electron chi connectivity index (χ4n) is 3.91. The van der Waals surface area contributed by atoms with Gasteiger partial charge in [0.05, 0.1) is 0 Å². The second kappa shape index (κ2) is 9.25. The van der Waals surface area contributed by atoms with Gasteiger partial charge in [0.1, 0.15) is 11.4 Å². The maximum atomic E-state index is 12.3. The molecular formula is C27H31NO2. The Morgan fingerprint density at radius 2 is 1.83 bits per heavy atom. The highest BCUT2D eigenvalue weighted by Crippen LogP contribution is 2.40. The highest BCUT2D eigenvalue weighted by Gasteiger charge is 2.26. The first-order valence-corrected chi connectivity index (χ1v) is 10.6. The lowest BCUT2D eigenvalue weighted by Crippen LogP contribution is -2.19. The van der Waals surface area contributed by atoms with Crippen LogP contribution in [0.15, 0.2) is 71.5 Å². The third-order valence-corrected chi connectivity index (χ3v) is 5.68. The van der Waals surface area contributed by atoms with E-state index in [0.29, 0.717) is 11.4 Å². The summed E-state index contributed by atoms with van der Waals surface area (Å²) in [4.78, 5) is 16.6. The largest absolute Gasteiger partial charge is 0.422 e. The van der Waals surface area contributed by atoms with E-state index in [0.717, 1.165) is 16.7 Å². The molecule has 0 bridgehead atoms. The van der Waals surface area contributed by atoms with Crippen molar-refractivity contribution in [2.45, 2.75) is 53.9 Å². The number of rotatable bonds is 5. The maximum absolute atomic E-state index is 12.3. The third-order valence-electron chi connectivity index (χ3n) is 5.68. The van der Waals surface area contributed by atoms with Crippen LogP contribution in [0.2, 0.25) is 0 Å². The number of carbonyl (C=O) groups is 1. The Morgan fingerprint density at radius 3 is 2.47 bits per heavy atom. The molecular weight excluding hydrogens is 370 g/mol. The molecule has 3 rings (SSSR count). The first kappa shape index (κ1) is 21.8. The van der Waals surface area contributed by atoms with Gasteiger partial charge in [0, 0.05) is 6.20 Å². The summed E-state index contributed by atoms with van der Waals surface area (Å²) in [5.41, 5.74) is 6.70. The number of ether oxygens (including phenoxy) is 1. The Kier molecular flexibility index (Phi) is 6.71. The predicted octanol–water partition coefficient (Wildman–Crippen LogP) is 7.10. The second-order valence-corrected chi connectivity index (χ2v) is 8.83. The van der Waals surface area contributed by atoms with Gasteiger partial charge < -0.3 is 4.74 Å². The van der Waals surface area contributed by atoms with Crippen LogP contribution in [0.1, 0.15) is 68.6 Å². The number of pyridine rings is 1. The molecule has 0 amide bonds. The van der Waals surface area contributed by atoms with Crippen molar-refractivity contribution in [3.63, 3.8) is 0 Å². The van der Waals surface area contributed by atoms with Crippen molar-refractivity contribution >= 4 is 12.0 Å². The molecule has 0 unspecified atom stereocenters. The van der Waals surface area contributed by atoms with E-state index in [1.54, 1.807) is 24.4 Å². The minimum atomic E-state index is -0.451. The summed E-state index contributed by atoms with van der Waals surface area (Å²) < 4.78 is 5.38. The smallest absolute Gasteiger partial charge is 0.362 e. The third kappa shape index (κ3) is 5.56. The molecule has 1 aromatic heterocycles. The molecule has 3 heteroatoms. The van der Waals surface area contributed by atoms with Crippen LogP contribution in [0.25, 0.3) is 6.08 Å². The molecule has 0 spiro atoms. The minimum Gasteiger partial charge on any atom is -0.422 e. The molecule has 0 N–H and O–H groups in total. The van der Waals surface area contributed by atoms with E-state index in [1.807, 2.05) is 25.1 Å². The monoisotopic (exact) mass is 401 g/mol. The van der Waals surface area contributed by atoms with Crippen LogP contribution in [0, 0.1) is 12.3 Å². The van der Waals surface area contributed by atoms with E-state index < -0.39 is 5.97 Å². The van der Waals surface area contributed by atoms with Gasteiger partial charge >= 0.3 is 5.97 Å². The van der Waals surface area contributed by atoms with Gasteiger partial charge in [-0.15, -0.1) is 0 Å². The average Bonchev–Trinajstić information content (AvgIpc) is 2.69. The van der Waals surface area contributed by atoms with Crippen molar-refractivity contribution in [3.05, 3.63) is 88.3 Å². The van der Waals surface area contributed by atoms with E-state index in [4.69, 9.17) is 4.74 Å². The molecule has 0 atom stereocenters. The van der Waals surface area contributed by atoms with Gasteiger partial charge in [-0.1, -0.05) is 67.0 Å². The first-order valence-electron chi connectivity index (χ1n) is 10.6. The molecule has 30 heavy (non-hydrogen) atoms. The van der Waals surface area contributed by atoms with Crippen molar-refractivity contribution in [1.29, 1.82) is 0 Å². The maximum Gasteiger partial charge on any atom is 0.362 e. The summed E-state index contributed by atoms with van der Waals surface area (Å²) >= 11 is 0. The molecule has 1 aliphatic rings.